The highest BCUT2D eigenvalue weighted by Gasteiger charge is 2.31. The van der Waals surface area contributed by atoms with E-state index in [0.717, 1.165) is 5.56 Å². The number of benzene rings is 1. The molecular formula is C18H16Cl2N4O2. The second kappa shape index (κ2) is 7.76. The summed E-state index contributed by atoms with van der Waals surface area (Å²) < 4.78 is 0. The van der Waals surface area contributed by atoms with Gasteiger partial charge in [0, 0.05) is 36.1 Å². The Balaban J connectivity index is 1.48. The second-order valence-corrected chi connectivity index (χ2v) is 6.49. The monoisotopic (exact) mass is 390 g/mol. The van der Waals surface area contributed by atoms with Crippen LogP contribution in [0.15, 0.2) is 43.1 Å². The molecule has 26 heavy (non-hydrogen) atoms. The smallest absolute Gasteiger partial charge is 0.259 e. The fourth-order valence-corrected chi connectivity index (χ4v) is 3.08. The predicted octanol–water partition coefficient (Wildman–Crippen LogP) is 3.04. The van der Waals surface area contributed by atoms with Crippen LogP contribution in [0, 0.1) is 0 Å². The van der Waals surface area contributed by atoms with E-state index in [9.17, 15) is 9.59 Å². The van der Waals surface area contributed by atoms with E-state index in [1.807, 2.05) is 12.1 Å². The van der Waals surface area contributed by atoms with Crippen LogP contribution in [0.25, 0.3) is 5.70 Å². The number of hydrogen-bond acceptors (Lipinski definition) is 4. The molecule has 1 aromatic carbocycles. The Bertz CT molecular complexity index is 850. The van der Waals surface area contributed by atoms with E-state index in [2.05, 4.69) is 22.2 Å². The number of hydrogen-bond donors (Lipinski definition) is 2. The zero-order valence-electron chi connectivity index (χ0n) is 13.8. The molecule has 134 valence electrons. The topological polar surface area (TPSA) is 74.3 Å². The van der Waals surface area contributed by atoms with Gasteiger partial charge in [0.25, 0.3) is 5.91 Å². The van der Waals surface area contributed by atoms with E-state index in [4.69, 9.17) is 23.2 Å². The highest BCUT2D eigenvalue weighted by Crippen LogP contribution is 2.30. The lowest BCUT2D eigenvalue weighted by molar-refractivity contribution is -0.121. The molecule has 0 radical (unpaired) electrons. The van der Waals surface area contributed by atoms with E-state index in [1.165, 1.54) is 11.1 Å². The minimum absolute atomic E-state index is 0.0771. The highest BCUT2D eigenvalue weighted by atomic mass is 35.5. The first kappa shape index (κ1) is 18.2. The largest absolute Gasteiger partial charge is 0.367 e. The Morgan fingerprint density at radius 3 is 2.62 bits per heavy atom. The second-order valence-electron chi connectivity index (χ2n) is 5.64. The maximum Gasteiger partial charge on any atom is 0.259 e. The van der Waals surface area contributed by atoms with Gasteiger partial charge >= 0.3 is 0 Å². The molecule has 1 aromatic heterocycles. The molecule has 0 atom stereocenters. The third-order valence-electron chi connectivity index (χ3n) is 3.89. The number of anilines is 1. The average molecular weight is 391 g/mol. The molecule has 6 nitrogen and oxygen atoms in total. The number of carbonyl (C=O) groups is 2. The van der Waals surface area contributed by atoms with Gasteiger partial charge in [0.05, 0.1) is 10.0 Å². The molecule has 0 bridgehead atoms. The molecule has 3 rings (SSSR count). The van der Waals surface area contributed by atoms with Crippen LogP contribution >= 0.6 is 23.2 Å². The SMILES string of the molecule is C=C1c2ccccc2C(=O)N1CC(=O)NCCNc1ncc(Cl)cc1Cl. The minimum Gasteiger partial charge on any atom is -0.367 e. The van der Waals surface area contributed by atoms with E-state index < -0.39 is 0 Å². The number of nitrogens with zero attached hydrogens (tertiary/aromatic N) is 2. The van der Waals surface area contributed by atoms with Crippen molar-refractivity contribution in [1.29, 1.82) is 0 Å². The van der Waals surface area contributed by atoms with Gasteiger partial charge in [-0.25, -0.2) is 4.98 Å². The fraction of sp³-hybridized carbons (Fsp3) is 0.167. The van der Waals surface area contributed by atoms with Crippen molar-refractivity contribution in [3.63, 3.8) is 0 Å². The van der Waals surface area contributed by atoms with Crippen molar-refractivity contribution in [3.8, 4) is 0 Å². The van der Waals surface area contributed by atoms with Crippen LogP contribution in [-0.4, -0.2) is 41.3 Å². The third-order valence-corrected chi connectivity index (χ3v) is 4.38. The summed E-state index contributed by atoms with van der Waals surface area (Å²) in [6, 6.07) is 8.75. The van der Waals surface area contributed by atoms with E-state index in [1.54, 1.807) is 18.2 Å². The normalized spacial score (nSPS) is 12.9. The lowest BCUT2D eigenvalue weighted by atomic mass is 10.1. The number of fused-ring (bicyclic) bond motifs is 1. The molecule has 0 aliphatic carbocycles. The van der Waals surface area contributed by atoms with Gasteiger partial charge < -0.3 is 10.6 Å². The number of pyridine rings is 1. The Kier molecular flexibility index (Phi) is 5.44. The maximum absolute atomic E-state index is 12.4. The summed E-state index contributed by atoms with van der Waals surface area (Å²) in [5, 5.41) is 6.60. The van der Waals surface area contributed by atoms with Crippen molar-refractivity contribution in [2.24, 2.45) is 0 Å². The standard InChI is InChI=1S/C18H16Cl2N4O2/c1-11-13-4-2-3-5-14(13)18(26)24(11)10-16(25)21-6-7-22-17-15(20)8-12(19)9-23-17/h2-5,8-9H,1,6-7,10H2,(H,21,25)(H,22,23). The molecule has 2 N–H and O–H groups in total. The number of halogens is 2. The quantitative estimate of drug-likeness (QED) is 0.743. The average Bonchev–Trinajstić information content (AvgIpc) is 2.85. The maximum atomic E-state index is 12.4. The van der Waals surface area contributed by atoms with Crippen LogP contribution < -0.4 is 10.6 Å². The summed E-state index contributed by atoms with van der Waals surface area (Å²) in [7, 11) is 0. The minimum atomic E-state index is -0.274. The molecule has 0 unspecified atom stereocenters. The van der Waals surface area contributed by atoms with Crippen molar-refractivity contribution in [2.75, 3.05) is 25.0 Å². The first-order valence-corrected chi connectivity index (χ1v) is 8.64. The molecule has 0 saturated carbocycles. The Hall–Kier alpha value is -2.57. The van der Waals surface area contributed by atoms with Crippen molar-refractivity contribution in [1.82, 2.24) is 15.2 Å². The van der Waals surface area contributed by atoms with Gasteiger partial charge in [-0.2, -0.15) is 0 Å². The summed E-state index contributed by atoms with van der Waals surface area (Å²) in [6.45, 7) is 4.61. The van der Waals surface area contributed by atoms with Gasteiger partial charge in [-0.1, -0.05) is 48.0 Å². The van der Waals surface area contributed by atoms with E-state index in [-0.39, 0.29) is 18.4 Å². The zero-order chi connectivity index (χ0) is 18.7. The highest BCUT2D eigenvalue weighted by molar-refractivity contribution is 6.35. The number of nitrogens with one attached hydrogen (secondary N) is 2. The van der Waals surface area contributed by atoms with Gasteiger partial charge in [-0.05, 0) is 12.1 Å². The Morgan fingerprint density at radius 2 is 1.92 bits per heavy atom. The van der Waals surface area contributed by atoms with Gasteiger partial charge in [0.2, 0.25) is 5.91 Å². The molecule has 0 fully saturated rings. The van der Waals surface area contributed by atoms with Crippen molar-refractivity contribution < 1.29 is 9.59 Å². The summed E-state index contributed by atoms with van der Waals surface area (Å²) in [5.41, 5.74) is 1.86. The van der Waals surface area contributed by atoms with Crippen molar-refractivity contribution in [3.05, 3.63) is 64.3 Å². The fourth-order valence-electron chi connectivity index (χ4n) is 2.63. The summed E-state index contributed by atoms with van der Waals surface area (Å²) in [5.74, 6) is 0.00385. The van der Waals surface area contributed by atoms with Crippen molar-refractivity contribution >= 4 is 46.5 Å². The number of aromatic nitrogens is 1. The first-order chi connectivity index (χ1) is 12.5. The number of rotatable bonds is 6. The Labute approximate surface area is 160 Å². The van der Waals surface area contributed by atoms with Gasteiger partial charge in [-0.3, -0.25) is 14.5 Å². The van der Waals surface area contributed by atoms with E-state index in [0.29, 0.717) is 40.2 Å². The van der Waals surface area contributed by atoms with Gasteiger partial charge in [-0.15, -0.1) is 0 Å². The summed E-state index contributed by atoms with van der Waals surface area (Å²) >= 11 is 11.8. The van der Waals surface area contributed by atoms with E-state index >= 15 is 0 Å². The summed E-state index contributed by atoms with van der Waals surface area (Å²) in [4.78, 5) is 29.9. The predicted molar refractivity (Wildman–Crippen MR) is 102 cm³/mol. The third kappa shape index (κ3) is 3.81. The van der Waals surface area contributed by atoms with Crippen LogP contribution in [-0.2, 0) is 4.79 Å². The molecule has 2 amide bonds. The van der Waals surface area contributed by atoms with Crippen LogP contribution in [0.1, 0.15) is 15.9 Å². The first-order valence-electron chi connectivity index (χ1n) is 7.89. The molecule has 1 aliphatic heterocycles. The van der Waals surface area contributed by atoms with Crippen molar-refractivity contribution in [2.45, 2.75) is 0 Å². The van der Waals surface area contributed by atoms with Gasteiger partial charge in [0.15, 0.2) is 0 Å². The lowest BCUT2D eigenvalue weighted by Crippen LogP contribution is -2.38. The Morgan fingerprint density at radius 1 is 1.19 bits per heavy atom. The van der Waals surface area contributed by atoms with Crippen LogP contribution in [0.3, 0.4) is 0 Å². The van der Waals surface area contributed by atoms with Gasteiger partial charge in [0.1, 0.15) is 12.4 Å². The molecular weight excluding hydrogens is 375 g/mol. The lowest BCUT2D eigenvalue weighted by Gasteiger charge is -2.17. The molecule has 2 heterocycles. The molecule has 1 aliphatic rings. The number of carbonyl (C=O) groups excluding carboxylic acids is 2. The van der Waals surface area contributed by atoms with Crippen LogP contribution in [0.4, 0.5) is 5.82 Å². The molecule has 0 saturated heterocycles. The van der Waals surface area contributed by atoms with Crippen LogP contribution in [0.2, 0.25) is 10.0 Å². The zero-order valence-corrected chi connectivity index (χ0v) is 15.3. The molecule has 2 aromatic rings. The molecule has 0 spiro atoms. The van der Waals surface area contributed by atoms with Crippen LogP contribution in [0.5, 0.6) is 0 Å². The number of amides is 2. The molecule has 8 heteroatoms. The summed E-state index contributed by atoms with van der Waals surface area (Å²) in [6.07, 6.45) is 1.48.